The van der Waals surface area contributed by atoms with Gasteiger partial charge in [0.15, 0.2) is 5.96 Å². The molecule has 0 spiro atoms. The molecule has 6 heteroatoms. The number of rotatable bonds is 8. The standard InChI is InChI=1S/C21H30N4O2/c1-17(27-18-9-4-3-5-10-18)15-23-21(22-2)24-16-19(20-11-8-14-26-20)25-12-6-7-13-25/h3-5,8-11,14,17,19H,6-7,12-13,15-16H2,1-2H3,(H2,22,23,24). The molecule has 0 saturated carbocycles. The normalized spacial score (nSPS) is 17.5. The van der Waals surface area contributed by atoms with Gasteiger partial charge in [0.1, 0.15) is 17.6 Å². The van der Waals surface area contributed by atoms with Crippen LogP contribution in [0, 0.1) is 0 Å². The van der Waals surface area contributed by atoms with Crippen LogP contribution in [0.3, 0.4) is 0 Å². The van der Waals surface area contributed by atoms with E-state index in [-0.39, 0.29) is 12.1 Å². The van der Waals surface area contributed by atoms with Crippen LogP contribution >= 0.6 is 0 Å². The highest BCUT2D eigenvalue weighted by atomic mass is 16.5. The summed E-state index contributed by atoms with van der Waals surface area (Å²) in [5.41, 5.74) is 0. The summed E-state index contributed by atoms with van der Waals surface area (Å²) in [5.74, 6) is 2.65. The molecule has 0 amide bonds. The largest absolute Gasteiger partial charge is 0.489 e. The van der Waals surface area contributed by atoms with E-state index in [2.05, 4.69) is 26.6 Å². The third-order valence-electron chi connectivity index (χ3n) is 4.78. The van der Waals surface area contributed by atoms with E-state index in [1.165, 1.54) is 12.8 Å². The van der Waals surface area contributed by atoms with Crippen LogP contribution in [0.1, 0.15) is 31.6 Å². The number of nitrogens with one attached hydrogen (secondary N) is 2. The lowest BCUT2D eigenvalue weighted by atomic mass is 10.2. The zero-order chi connectivity index (χ0) is 18.9. The minimum atomic E-state index is 0.0328. The van der Waals surface area contributed by atoms with Gasteiger partial charge in [0.05, 0.1) is 18.8 Å². The van der Waals surface area contributed by atoms with Crippen molar-refractivity contribution in [1.29, 1.82) is 0 Å². The highest BCUT2D eigenvalue weighted by molar-refractivity contribution is 5.79. The lowest BCUT2D eigenvalue weighted by Crippen LogP contribution is -2.45. The number of guanidine groups is 1. The van der Waals surface area contributed by atoms with Crippen LogP contribution in [-0.4, -0.2) is 50.2 Å². The highest BCUT2D eigenvalue weighted by Gasteiger charge is 2.25. The van der Waals surface area contributed by atoms with Crippen molar-refractivity contribution in [2.24, 2.45) is 4.99 Å². The molecule has 0 radical (unpaired) electrons. The molecular formula is C21H30N4O2. The van der Waals surface area contributed by atoms with E-state index in [0.29, 0.717) is 6.54 Å². The second kappa shape index (κ2) is 10.0. The fraction of sp³-hybridized carbons (Fsp3) is 0.476. The van der Waals surface area contributed by atoms with E-state index in [0.717, 1.165) is 37.1 Å². The van der Waals surface area contributed by atoms with Gasteiger partial charge in [-0.15, -0.1) is 0 Å². The van der Waals surface area contributed by atoms with E-state index in [1.807, 2.05) is 43.3 Å². The minimum absolute atomic E-state index is 0.0328. The molecular weight excluding hydrogens is 340 g/mol. The SMILES string of the molecule is CN=C(NCC(C)Oc1ccccc1)NCC(c1ccco1)N1CCCC1. The fourth-order valence-corrected chi connectivity index (χ4v) is 3.37. The Kier molecular flexibility index (Phi) is 7.16. The number of ether oxygens (including phenoxy) is 1. The molecule has 0 aliphatic carbocycles. The van der Waals surface area contributed by atoms with E-state index in [1.54, 1.807) is 13.3 Å². The molecule has 27 heavy (non-hydrogen) atoms. The Morgan fingerprint density at radius 2 is 1.85 bits per heavy atom. The number of hydrogen-bond acceptors (Lipinski definition) is 4. The summed E-state index contributed by atoms with van der Waals surface area (Å²) < 4.78 is 11.6. The monoisotopic (exact) mass is 370 g/mol. The van der Waals surface area contributed by atoms with Crippen LogP contribution in [0.4, 0.5) is 0 Å². The zero-order valence-corrected chi connectivity index (χ0v) is 16.2. The van der Waals surface area contributed by atoms with Crippen molar-refractivity contribution in [3.8, 4) is 5.75 Å². The molecule has 6 nitrogen and oxygen atoms in total. The minimum Gasteiger partial charge on any atom is -0.489 e. The van der Waals surface area contributed by atoms with Crippen LogP contribution < -0.4 is 15.4 Å². The lowest BCUT2D eigenvalue weighted by Gasteiger charge is -2.27. The molecule has 1 aliphatic heterocycles. The van der Waals surface area contributed by atoms with Crippen molar-refractivity contribution in [2.45, 2.75) is 31.9 Å². The topological polar surface area (TPSA) is 62.0 Å². The maximum absolute atomic E-state index is 5.91. The first-order chi connectivity index (χ1) is 13.3. The molecule has 1 aliphatic rings. The molecule has 0 bridgehead atoms. The lowest BCUT2D eigenvalue weighted by molar-refractivity contribution is 0.213. The molecule has 2 heterocycles. The Labute approximate surface area is 161 Å². The van der Waals surface area contributed by atoms with Crippen molar-refractivity contribution in [3.05, 3.63) is 54.5 Å². The fourth-order valence-electron chi connectivity index (χ4n) is 3.37. The summed E-state index contributed by atoms with van der Waals surface area (Å²) in [6, 6.07) is 14.1. The van der Waals surface area contributed by atoms with Crippen molar-refractivity contribution >= 4 is 5.96 Å². The number of likely N-dealkylation sites (tertiary alicyclic amines) is 1. The number of hydrogen-bond donors (Lipinski definition) is 2. The van der Waals surface area contributed by atoms with Crippen molar-refractivity contribution in [1.82, 2.24) is 15.5 Å². The third kappa shape index (κ3) is 5.76. The maximum Gasteiger partial charge on any atom is 0.191 e. The van der Waals surface area contributed by atoms with Gasteiger partial charge in [-0.1, -0.05) is 18.2 Å². The third-order valence-corrected chi connectivity index (χ3v) is 4.78. The van der Waals surface area contributed by atoms with Gasteiger partial charge in [-0.3, -0.25) is 9.89 Å². The number of para-hydroxylation sites is 1. The van der Waals surface area contributed by atoms with E-state index in [9.17, 15) is 0 Å². The van der Waals surface area contributed by atoms with Crippen molar-refractivity contribution in [2.75, 3.05) is 33.2 Å². The summed E-state index contributed by atoms with van der Waals surface area (Å²) in [7, 11) is 1.79. The summed E-state index contributed by atoms with van der Waals surface area (Å²) in [6.45, 7) is 5.69. The van der Waals surface area contributed by atoms with E-state index in [4.69, 9.17) is 9.15 Å². The van der Waals surface area contributed by atoms with Gasteiger partial charge in [-0.25, -0.2) is 0 Å². The Morgan fingerprint density at radius 3 is 2.52 bits per heavy atom. The van der Waals surface area contributed by atoms with Gasteiger partial charge < -0.3 is 19.8 Å². The summed E-state index contributed by atoms with van der Waals surface area (Å²) in [4.78, 5) is 6.81. The van der Waals surface area contributed by atoms with Gasteiger partial charge in [0.2, 0.25) is 0 Å². The Morgan fingerprint density at radius 1 is 1.11 bits per heavy atom. The number of nitrogens with zero attached hydrogens (tertiary/aromatic N) is 2. The predicted octanol–water partition coefficient (Wildman–Crippen LogP) is 3.05. The van der Waals surface area contributed by atoms with Crippen LogP contribution in [0.5, 0.6) is 5.75 Å². The van der Waals surface area contributed by atoms with Crippen LogP contribution in [0.25, 0.3) is 0 Å². The quantitative estimate of drug-likeness (QED) is 0.552. The number of benzene rings is 1. The number of furan rings is 1. The smallest absolute Gasteiger partial charge is 0.191 e. The first-order valence-electron chi connectivity index (χ1n) is 9.70. The molecule has 2 N–H and O–H groups in total. The Balaban J connectivity index is 1.48. The Bertz CT molecular complexity index is 681. The van der Waals surface area contributed by atoms with Gasteiger partial charge in [0.25, 0.3) is 0 Å². The van der Waals surface area contributed by atoms with E-state index < -0.39 is 0 Å². The molecule has 2 unspecified atom stereocenters. The van der Waals surface area contributed by atoms with Crippen LogP contribution in [0.2, 0.25) is 0 Å². The highest BCUT2D eigenvalue weighted by Crippen LogP contribution is 2.24. The van der Waals surface area contributed by atoms with Crippen molar-refractivity contribution in [3.63, 3.8) is 0 Å². The molecule has 1 saturated heterocycles. The maximum atomic E-state index is 5.91. The summed E-state index contributed by atoms with van der Waals surface area (Å²) in [6.07, 6.45) is 4.27. The molecule has 146 valence electrons. The second-order valence-electron chi connectivity index (χ2n) is 6.85. The average Bonchev–Trinajstić information content (AvgIpc) is 3.40. The van der Waals surface area contributed by atoms with Gasteiger partial charge >= 0.3 is 0 Å². The first kappa shape index (κ1) is 19.3. The van der Waals surface area contributed by atoms with Crippen LogP contribution in [0.15, 0.2) is 58.1 Å². The molecule has 3 rings (SSSR count). The van der Waals surface area contributed by atoms with E-state index >= 15 is 0 Å². The predicted molar refractivity (Wildman–Crippen MR) is 108 cm³/mol. The molecule has 2 atom stereocenters. The summed E-state index contributed by atoms with van der Waals surface area (Å²) in [5, 5.41) is 6.78. The average molecular weight is 370 g/mol. The Hall–Kier alpha value is -2.47. The van der Waals surface area contributed by atoms with Crippen LogP contribution in [-0.2, 0) is 0 Å². The number of aliphatic imine (C=N–C) groups is 1. The van der Waals surface area contributed by atoms with Crippen molar-refractivity contribution < 1.29 is 9.15 Å². The molecule has 1 aromatic carbocycles. The van der Waals surface area contributed by atoms with Gasteiger partial charge in [0, 0.05) is 13.6 Å². The second-order valence-corrected chi connectivity index (χ2v) is 6.85. The zero-order valence-electron chi connectivity index (χ0n) is 16.2. The summed E-state index contributed by atoms with van der Waals surface area (Å²) >= 11 is 0. The van der Waals surface area contributed by atoms with Gasteiger partial charge in [-0.05, 0) is 57.1 Å². The first-order valence-corrected chi connectivity index (χ1v) is 9.70. The molecule has 2 aromatic rings. The van der Waals surface area contributed by atoms with Gasteiger partial charge in [-0.2, -0.15) is 0 Å². The molecule has 1 fully saturated rings. The molecule has 1 aromatic heterocycles.